The minimum Gasteiger partial charge on any atom is -0.0885 e. The SMILES string of the molecule is CCCCCCCCCCCC=CC[C@H](C)CCC=CCCCCCCCCCCCCCC. The highest BCUT2D eigenvalue weighted by molar-refractivity contribution is 4.85. The van der Waals surface area contributed by atoms with Crippen LogP contribution in [-0.2, 0) is 0 Å². The van der Waals surface area contributed by atoms with Crippen LogP contribution in [0.15, 0.2) is 24.3 Å². The van der Waals surface area contributed by atoms with E-state index in [0.717, 1.165) is 5.92 Å². The highest BCUT2D eigenvalue weighted by atomic mass is 14.0. The van der Waals surface area contributed by atoms with E-state index in [9.17, 15) is 0 Å². The minimum absolute atomic E-state index is 0.829. The first-order valence-electron chi connectivity index (χ1n) is 16.1. The van der Waals surface area contributed by atoms with Crippen molar-refractivity contribution in [2.75, 3.05) is 0 Å². The third-order valence-corrected chi connectivity index (χ3v) is 7.40. The van der Waals surface area contributed by atoms with E-state index in [2.05, 4.69) is 45.1 Å². The highest BCUT2D eigenvalue weighted by Crippen LogP contribution is 2.15. The van der Waals surface area contributed by atoms with Crippen LogP contribution in [0, 0.1) is 5.92 Å². The molecule has 0 heterocycles. The maximum absolute atomic E-state index is 2.45. The zero-order valence-electron chi connectivity index (χ0n) is 24.3. The second-order valence-corrected chi connectivity index (χ2v) is 11.2. The fraction of sp³-hybridized carbons (Fsp3) is 0.882. The molecular weight excluding hydrogens is 408 g/mol. The van der Waals surface area contributed by atoms with Crippen molar-refractivity contribution in [1.29, 1.82) is 0 Å². The van der Waals surface area contributed by atoms with Crippen LogP contribution < -0.4 is 0 Å². The third kappa shape index (κ3) is 29.5. The Balaban J connectivity index is 3.28. The van der Waals surface area contributed by atoms with Gasteiger partial charge in [0.2, 0.25) is 0 Å². The van der Waals surface area contributed by atoms with Crippen molar-refractivity contribution in [3.05, 3.63) is 24.3 Å². The summed E-state index contributed by atoms with van der Waals surface area (Å²) in [4.78, 5) is 0. The standard InChI is InChI=1S/C34H66/c1-4-6-8-10-12-14-16-18-19-20-21-23-25-27-29-31-33-34(3)32-30-28-26-24-22-17-15-13-11-9-7-5-2/h27-30,34H,4-26,31-33H2,1-3H3/t34-/m0/s1. The molecule has 0 spiro atoms. The average molecular weight is 475 g/mol. The fourth-order valence-electron chi connectivity index (χ4n) is 4.86. The van der Waals surface area contributed by atoms with Crippen molar-refractivity contribution in [2.45, 2.75) is 188 Å². The smallest absolute Gasteiger partial charge is 0.0325 e. The van der Waals surface area contributed by atoms with Gasteiger partial charge in [0.1, 0.15) is 0 Å². The lowest BCUT2D eigenvalue weighted by Gasteiger charge is -2.06. The van der Waals surface area contributed by atoms with Gasteiger partial charge in [-0.15, -0.1) is 0 Å². The highest BCUT2D eigenvalue weighted by Gasteiger charge is 1.98. The Morgan fingerprint density at radius 3 is 1.12 bits per heavy atom. The number of allylic oxidation sites excluding steroid dienone is 4. The van der Waals surface area contributed by atoms with E-state index < -0.39 is 0 Å². The molecule has 0 fully saturated rings. The molecule has 0 nitrogen and oxygen atoms in total. The van der Waals surface area contributed by atoms with E-state index in [4.69, 9.17) is 0 Å². The first kappa shape index (κ1) is 33.5. The maximum atomic E-state index is 2.45. The molecule has 34 heavy (non-hydrogen) atoms. The van der Waals surface area contributed by atoms with Crippen LogP contribution in [0.3, 0.4) is 0 Å². The van der Waals surface area contributed by atoms with Crippen molar-refractivity contribution in [1.82, 2.24) is 0 Å². The Morgan fingerprint density at radius 1 is 0.382 bits per heavy atom. The molecule has 0 aliphatic carbocycles. The molecule has 0 N–H and O–H groups in total. The van der Waals surface area contributed by atoms with Gasteiger partial charge in [-0.25, -0.2) is 0 Å². The van der Waals surface area contributed by atoms with Crippen LogP contribution in [0.2, 0.25) is 0 Å². The van der Waals surface area contributed by atoms with E-state index in [0.29, 0.717) is 0 Å². The normalized spacial score (nSPS) is 12.9. The largest absolute Gasteiger partial charge is 0.0885 e. The number of hydrogen-bond acceptors (Lipinski definition) is 0. The van der Waals surface area contributed by atoms with Crippen LogP contribution in [0.5, 0.6) is 0 Å². The topological polar surface area (TPSA) is 0 Å². The molecule has 0 aliphatic rings. The summed E-state index contributed by atoms with van der Waals surface area (Å²) in [5.41, 5.74) is 0. The van der Waals surface area contributed by atoms with Crippen LogP contribution in [-0.4, -0.2) is 0 Å². The van der Waals surface area contributed by atoms with Gasteiger partial charge in [0, 0.05) is 0 Å². The lowest BCUT2D eigenvalue weighted by molar-refractivity contribution is 0.542. The number of unbranched alkanes of at least 4 members (excludes halogenated alkanes) is 21. The molecule has 0 aliphatic heterocycles. The predicted octanol–water partition coefficient (Wildman–Crippen LogP) is 12.9. The Kier molecular flexibility index (Phi) is 30.0. The van der Waals surface area contributed by atoms with Gasteiger partial charge in [0.05, 0.1) is 0 Å². The van der Waals surface area contributed by atoms with Gasteiger partial charge in [-0.3, -0.25) is 0 Å². The van der Waals surface area contributed by atoms with Gasteiger partial charge >= 0.3 is 0 Å². The fourth-order valence-corrected chi connectivity index (χ4v) is 4.86. The molecule has 202 valence electrons. The van der Waals surface area contributed by atoms with Crippen molar-refractivity contribution in [2.24, 2.45) is 5.92 Å². The van der Waals surface area contributed by atoms with Gasteiger partial charge in [-0.1, -0.05) is 167 Å². The second kappa shape index (κ2) is 30.5. The van der Waals surface area contributed by atoms with E-state index in [-0.39, 0.29) is 0 Å². The molecule has 0 amide bonds. The van der Waals surface area contributed by atoms with Crippen molar-refractivity contribution in [3.63, 3.8) is 0 Å². The first-order valence-corrected chi connectivity index (χ1v) is 16.1. The zero-order chi connectivity index (χ0) is 24.8. The molecule has 0 bridgehead atoms. The summed E-state index contributed by atoms with van der Waals surface area (Å²) in [6.45, 7) is 7.02. The third-order valence-electron chi connectivity index (χ3n) is 7.40. The summed E-state index contributed by atoms with van der Waals surface area (Å²) >= 11 is 0. The Bertz CT molecular complexity index is 404. The summed E-state index contributed by atoms with van der Waals surface area (Å²) in [7, 11) is 0. The van der Waals surface area contributed by atoms with Gasteiger partial charge in [0.25, 0.3) is 0 Å². The summed E-state index contributed by atoms with van der Waals surface area (Å²) in [6, 6.07) is 0. The predicted molar refractivity (Wildman–Crippen MR) is 159 cm³/mol. The molecule has 0 aromatic carbocycles. The quantitative estimate of drug-likeness (QED) is 0.0781. The van der Waals surface area contributed by atoms with E-state index in [1.165, 1.54) is 167 Å². The van der Waals surface area contributed by atoms with Crippen molar-refractivity contribution in [3.8, 4) is 0 Å². The van der Waals surface area contributed by atoms with E-state index in [1.54, 1.807) is 0 Å². The molecule has 0 rings (SSSR count). The molecule has 0 heteroatoms. The van der Waals surface area contributed by atoms with E-state index in [1.807, 2.05) is 0 Å². The molecule has 0 radical (unpaired) electrons. The van der Waals surface area contributed by atoms with Gasteiger partial charge in [0.15, 0.2) is 0 Å². The maximum Gasteiger partial charge on any atom is -0.0325 e. The Morgan fingerprint density at radius 2 is 0.706 bits per heavy atom. The lowest BCUT2D eigenvalue weighted by atomic mass is 10.0. The summed E-state index contributed by atoms with van der Waals surface area (Å²) in [5, 5.41) is 0. The average Bonchev–Trinajstić information content (AvgIpc) is 2.84. The van der Waals surface area contributed by atoms with E-state index >= 15 is 0 Å². The first-order chi connectivity index (χ1) is 16.8. The molecule has 1 atom stereocenters. The lowest BCUT2D eigenvalue weighted by Crippen LogP contribution is -1.91. The molecule has 0 saturated carbocycles. The van der Waals surface area contributed by atoms with Crippen LogP contribution in [0.25, 0.3) is 0 Å². The zero-order valence-corrected chi connectivity index (χ0v) is 24.3. The second-order valence-electron chi connectivity index (χ2n) is 11.2. The van der Waals surface area contributed by atoms with Gasteiger partial charge in [-0.2, -0.15) is 0 Å². The number of hydrogen-bond donors (Lipinski definition) is 0. The van der Waals surface area contributed by atoms with Crippen molar-refractivity contribution < 1.29 is 0 Å². The molecular formula is C34H66. The summed E-state index contributed by atoms with van der Waals surface area (Å²) in [6.07, 6.45) is 46.5. The summed E-state index contributed by atoms with van der Waals surface area (Å²) in [5.74, 6) is 0.829. The Labute approximate surface area is 217 Å². The molecule has 0 unspecified atom stereocenters. The van der Waals surface area contributed by atoms with Crippen molar-refractivity contribution >= 4 is 0 Å². The molecule has 0 saturated heterocycles. The minimum atomic E-state index is 0.829. The Hall–Kier alpha value is -0.520. The monoisotopic (exact) mass is 475 g/mol. The van der Waals surface area contributed by atoms with Gasteiger partial charge in [-0.05, 0) is 50.9 Å². The van der Waals surface area contributed by atoms with Crippen LogP contribution in [0.4, 0.5) is 0 Å². The molecule has 0 aromatic heterocycles. The summed E-state index contributed by atoms with van der Waals surface area (Å²) < 4.78 is 0. The van der Waals surface area contributed by atoms with Gasteiger partial charge < -0.3 is 0 Å². The number of rotatable bonds is 28. The van der Waals surface area contributed by atoms with Crippen LogP contribution >= 0.6 is 0 Å². The van der Waals surface area contributed by atoms with Crippen LogP contribution in [0.1, 0.15) is 188 Å². The molecule has 0 aromatic rings.